The Morgan fingerprint density at radius 2 is 2.19 bits per heavy atom. The summed E-state index contributed by atoms with van der Waals surface area (Å²) in [4.78, 5) is 23.5. The number of likely N-dealkylation sites (tertiary alicyclic amines) is 1. The summed E-state index contributed by atoms with van der Waals surface area (Å²) < 4.78 is 0. The second-order valence-electron chi connectivity index (χ2n) is 5.99. The third kappa shape index (κ3) is 3.73. The average Bonchev–Trinajstić information content (AvgIpc) is 2.71. The van der Waals surface area contributed by atoms with Gasteiger partial charge in [-0.2, -0.15) is 0 Å². The Kier molecular flexibility index (Phi) is 5.57. The van der Waals surface area contributed by atoms with Gasteiger partial charge in [-0.15, -0.1) is 0 Å². The zero-order valence-corrected chi connectivity index (χ0v) is 13.9. The quantitative estimate of drug-likeness (QED) is 0.846. The zero-order valence-electron chi connectivity index (χ0n) is 13.1. The molecule has 1 atom stereocenters. The molecular formula is C16H24ClN3O. The van der Waals surface area contributed by atoms with Crippen LogP contribution in [-0.4, -0.2) is 33.4 Å². The number of halogens is 1. The van der Waals surface area contributed by atoms with Crippen LogP contribution in [0.1, 0.15) is 75.1 Å². The van der Waals surface area contributed by atoms with Crippen LogP contribution in [0.2, 0.25) is 5.02 Å². The van der Waals surface area contributed by atoms with E-state index in [1.54, 1.807) is 6.20 Å². The van der Waals surface area contributed by atoms with Crippen LogP contribution in [0.3, 0.4) is 0 Å². The second kappa shape index (κ2) is 7.21. The number of carbonyl (C=O) groups excluding carboxylic acids is 1. The molecule has 0 saturated carbocycles. The van der Waals surface area contributed by atoms with Crippen molar-refractivity contribution in [1.29, 1.82) is 0 Å². The minimum absolute atomic E-state index is 0.0435. The summed E-state index contributed by atoms with van der Waals surface area (Å²) in [6.07, 6.45) is 7.04. The van der Waals surface area contributed by atoms with Gasteiger partial charge in [-0.05, 0) is 19.3 Å². The first-order valence-electron chi connectivity index (χ1n) is 7.88. The molecule has 4 nitrogen and oxygen atoms in total. The molecule has 1 aromatic rings. The fraction of sp³-hybridized carbons (Fsp3) is 0.688. The van der Waals surface area contributed by atoms with Gasteiger partial charge in [0.05, 0.1) is 11.2 Å². The molecule has 1 fully saturated rings. The number of hydrogen-bond acceptors (Lipinski definition) is 3. The predicted molar refractivity (Wildman–Crippen MR) is 84.7 cm³/mol. The normalized spacial score (nSPS) is 19.7. The molecule has 1 unspecified atom stereocenters. The van der Waals surface area contributed by atoms with Gasteiger partial charge in [-0.3, -0.25) is 4.79 Å². The van der Waals surface area contributed by atoms with Crippen molar-refractivity contribution in [2.75, 3.05) is 6.54 Å². The van der Waals surface area contributed by atoms with Gasteiger partial charge in [0.2, 0.25) is 0 Å². The van der Waals surface area contributed by atoms with Crippen molar-refractivity contribution in [3.8, 4) is 0 Å². The molecule has 21 heavy (non-hydrogen) atoms. The average molecular weight is 310 g/mol. The lowest BCUT2D eigenvalue weighted by Crippen LogP contribution is -2.40. The Labute approximate surface area is 131 Å². The highest BCUT2D eigenvalue weighted by atomic mass is 35.5. The van der Waals surface area contributed by atoms with Gasteiger partial charge in [0, 0.05) is 18.5 Å². The first-order valence-corrected chi connectivity index (χ1v) is 8.25. The van der Waals surface area contributed by atoms with Crippen LogP contribution in [0.5, 0.6) is 0 Å². The van der Waals surface area contributed by atoms with E-state index in [2.05, 4.69) is 16.9 Å². The minimum atomic E-state index is -0.0435. The highest BCUT2D eigenvalue weighted by molar-refractivity contribution is 6.33. The maximum atomic E-state index is 12.9. The third-order valence-corrected chi connectivity index (χ3v) is 4.37. The molecule has 0 spiro atoms. The Balaban J connectivity index is 2.31. The summed E-state index contributed by atoms with van der Waals surface area (Å²) in [7, 11) is 0. The van der Waals surface area contributed by atoms with Crippen LogP contribution >= 0.6 is 11.6 Å². The van der Waals surface area contributed by atoms with Crippen LogP contribution in [0.15, 0.2) is 6.20 Å². The molecule has 0 aliphatic carbocycles. The first kappa shape index (κ1) is 16.2. The fourth-order valence-corrected chi connectivity index (χ4v) is 2.99. The number of amides is 1. The number of hydrogen-bond donors (Lipinski definition) is 0. The number of carbonyl (C=O) groups is 1. The summed E-state index contributed by atoms with van der Waals surface area (Å²) in [5, 5.41) is 0.350. The molecule has 0 radical (unpaired) electrons. The standard InChI is InChI=1S/C16H24ClN3O/c1-4-12-8-6-5-7-9-20(12)16(21)14-13(17)10-18-15(19-14)11(2)3/h10-12H,4-9H2,1-3H3. The van der Waals surface area contributed by atoms with E-state index in [0.29, 0.717) is 22.6 Å². The van der Waals surface area contributed by atoms with E-state index in [1.807, 2.05) is 18.7 Å². The van der Waals surface area contributed by atoms with Crippen molar-refractivity contribution in [2.45, 2.75) is 64.8 Å². The Morgan fingerprint density at radius 3 is 2.86 bits per heavy atom. The Morgan fingerprint density at radius 1 is 1.43 bits per heavy atom. The van der Waals surface area contributed by atoms with E-state index in [1.165, 1.54) is 12.8 Å². The van der Waals surface area contributed by atoms with E-state index >= 15 is 0 Å². The zero-order chi connectivity index (χ0) is 15.4. The lowest BCUT2D eigenvalue weighted by Gasteiger charge is -2.29. The van der Waals surface area contributed by atoms with Crippen molar-refractivity contribution >= 4 is 17.5 Å². The van der Waals surface area contributed by atoms with Crippen molar-refractivity contribution in [1.82, 2.24) is 14.9 Å². The largest absolute Gasteiger partial charge is 0.334 e. The van der Waals surface area contributed by atoms with E-state index in [4.69, 9.17) is 11.6 Å². The summed E-state index contributed by atoms with van der Waals surface area (Å²) in [6.45, 7) is 6.96. The smallest absolute Gasteiger partial charge is 0.274 e. The Hall–Kier alpha value is -1.16. The van der Waals surface area contributed by atoms with Crippen LogP contribution < -0.4 is 0 Å². The van der Waals surface area contributed by atoms with Crippen molar-refractivity contribution < 1.29 is 4.79 Å². The molecule has 0 N–H and O–H groups in total. The number of aromatic nitrogens is 2. The molecule has 1 saturated heterocycles. The van der Waals surface area contributed by atoms with Crippen LogP contribution in [0, 0.1) is 0 Å². The predicted octanol–water partition coefficient (Wildman–Crippen LogP) is 4.05. The maximum absolute atomic E-state index is 12.9. The SMILES string of the molecule is CCC1CCCCCN1C(=O)c1nc(C(C)C)ncc1Cl. The monoisotopic (exact) mass is 309 g/mol. The molecular weight excluding hydrogens is 286 g/mol. The lowest BCUT2D eigenvalue weighted by atomic mass is 10.1. The van der Waals surface area contributed by atoms with Gasteiger partial charge in [0.1, 0.15) is 5.82 Å². The molecule has 2 heterocycles. The molecule has 1 aliphatic rings. The summed E-state index contributed by atoms with van der Waals surface area (Å²) in [5.74, 6) is 0.809. The topological polar surface area (TPSA) is 46.1 Å². The lowest BCUT2D eigenvalue weighted by molar-refractivity contribution is 0.0671. The first-order chi connectivity index (χ1) is 10.0. The van der Waals surface area contributed by atoms with Crippen molar-refractivity contribution in [2.24, 2.45) is 0 Å². The van der Waals surface area contributed by atoms with Crippen LogP contribution in [0.4, 0.5) is 0 Å². The maximum Gasteiger partial charge on any atom is 0.274 e. The Bertz CT molecular complexity index is 504. The van der Waals surface area contributed by atoms with E-state index in [0.717, 1.165) is 25.8 Å². The van der Waals surface area contributed by atoms with Gasteiger partial charge in [-0.25, -0.2) is 9.97 Å². The van der Waals surface area contributed by atoms with Gasteiger partial charge in [0.15, 0.2) is 5.69 Å². The summed E-state index contributed by atoms with van der Waals surface area (Å²) >= 11 is 6.17. The molecule has 1 amide bonds. The van der Waals surface area contributed by atoms with Crippen LogP contribution in [-0.2, 0) is 0 Å². The second-order valence-corrected chi connectivity index (χ2v) is 6.40. The van der Waals surface area contributed by atoms with Gasteiger partial charge < -0.3 is 4.90 Å². The van der Waals surface area contributed by atoms with E-state index in [9.17, 15) is 4.79 Å². The van der Waals surface area contributed by atoms with Crippen LogP contribution in [0.25, 0.3) is 0 Å². The summed E-state index contributed by atoms with van der Waals surface area (Å²) in [5.41, 5.74) is 0.357. The highest BCUT2D eigenvalue weighted by Crippen LogP contribution is 2.24. The van der Waals surface area contributed by atoms with Crippen molar-refractivity contribution in [3.05, 3.63) is 22.7 Å². The third-order valence-electron chi connectivity index (χ3n) is 4.09. The van der Waals surface area contributed by atoms with E-state index < -0.39 is 0 Å². The van der Waals surface area contributed by atoms with Gasteiger partial charge in [-0.1, -0.05) is 45.2 Å². The summed E-state index contributed by atoms with van der Waals surface area (Å²) in [6, 6.07) is 0.300. The van der Waals surface area contributed by atoms with Crippen molar-refractivity contribution in [3.63, 3.8) is 0 Å². The highest BCUT2D eigenvalue weighted by Gasteiger charge is 2.27. The van der Waals surface area contributed by atoms with Gasteiger partial charge in [0.25, 0.3) is 5.91 Å². The van der Waals surface area contributed by atoms with E-state index in [-0.39, 0.29) is 11.8 Å². The van der Waals surface area contributed by atoms with Gasteiger partial charge >= 0.3 is 0 Å². The molecule has 116 valence electrons. The number of rotatable bonds is 3. The molecule has 0 bridgehead atoms. The minimum Gasteiger partial charge on any atom is -0.334 e. The number of nitrogens with zero attached hydrogens (tertiary/aromatic N) is 3. The fourth-order valence-electron chi connectivity index (χ4n) is 2.81. The molecule has 1 aromatic heterocycles. The molecule has 5 heteroatoms. The molecule has 2 rings (SSSR count). The molecule has 1 aliphatic heterocycles. The molecule has 0 aromatic carbocycles.